The highest BCUT2D eigenvalue weighted by atomic mass is 35.5. The van der Waals surface area contributed by atoms with Crippen LogP contribution in [0.3, 0.4) is 0 Å². The zero-order valence-corrected chi connectivity index (χ0v) is 13.8. The maximum absolute atomic E-state index is 6.51. The molecule has 0 spiro atoms. The van der Waals surface area contributed by atoms with Crippen LogP contribution in [0.4, 0.5) is 0 Å². The lowest BCUT2D eigenvalue weighted by Gasteiger charge is -2.32. The lowest BCUT2D eigenvalue weighted by atomic mass is 9.97. The van der Waals surface area contributed by atoms with Crippen molar-refractivity contribution < 1.29 is 0 Å². The summed E-state index contributed by atoms with van der Waals surface area (Å²) in [7, 11) is 0. The van der Waals surface area contributed by atoms with Gasteiger partial charge in [0.1, 0.15) is 0 Å². The van der Waals surface area contributed by atoms with E-state index in [1.807, 2.05) is 24.5 Å². The summed E-state index contributed by atoms with van der Waals surface area (Å²) in [5.41, 5.74) is 2.25. The third-order valence-corrected chi connectivity index (χ3v) is 4.87. The molecule has 1 aliphatic rings. The van der Waals surface area contributed by atoms with E-state index in [2.05, 4.69) is 33.4 Å². The highest BCUT2D eigenvalue weighted by molar-refractivity contribution is 6.42. The molecule has 1 fully saturated rings. The number of pyridine rings is 1. The van der Waals surface area contributed by atoms with Gasteiger partial charge in [-0.15, -0.1) is 0 Å². The van der Waals surface area contributed by atoms with Crippen molar-refractivity contribution in [3.63, 3.8) is 0 Å². The number of halogens is 2. The molecule has 0 bridgehead atoms. The second kappa shape index (κ2) is 7.42. The second-order valence-electron chi connectivity index (χ2n) is 5.47. The molecular weight excluding hydrogens is 317 g/mol. The van der Waals surface area contributed by atoms with Gasteiger partial charge in [-0.3, -0.25) is 9.88 Å². The maximum atomic E-state index is 6.51. The molecule has 1 N–H and O–H groups in total. The monoisotopic (exact) mass is 335 g/mol. The molecule has 1 aromatic carbocycles. The molecule has 1 unspecified atom stereocenters. The van der Waals surface area contributed by atoms with Gasteiger partial charge in [0.05, 0.1) is 16.1 Å². The number of nitrogens with one attached hydrogen (secondary N) is 1. The number of hydrogen-bond donors (Lipinski definition) is 1. The van der Waals surface area contributed by atoms with Crippen LogP contribution in [0.2, 0.25) is 10.0 Å². The molecule has 116 valence electrons. The molecule has 22 heavy (non-hydrogen) atoms. The molecule has 1 aliphatic heterocycles. The van der Waals surface area contributed by atoms with E-state index in [4.69, 9.17) is 23.2 Å². The van der Waals surface area contributed by atoms with Crippen LogP contribution in [0.5, 0.6) is 0 Å². The van der Waals surface area contributed by atoms with Gasteiger partial charge in [-0.05, 0) is 42.3 Å². The van der Waals surface area contributed by atoms with Gasteiger partial charge in [0.25, 0.3) is 0 Å². The van der Waals surface area contributed by atoms with Crippen molar-refractivity contribution in [2.45, 2.75) is 12.5 Å². The van der Waals surface area contributed by atoms with Gasteiger partial charge in [-0.2, -0.15) is 0 Å². The molecule has 2 aromatic rings. The van der Waals surface area contributed by atoms with Crippen molar-refractivity contribution in [3.05, 3.63) is 63.9 Å². The summed E-state index contributed by atoms with van der Waals surface area (Å²) in [5, 5.41) is 4.69. The Kier molecular flexibility index (Phi) is 5.32. The van der Waals surface area contributed by atoms with Crippen molar-refractivity contribution in [2.24, 2.45) is 0 Å². The molecule has 3 nitrogen and oxygen atoms in total. The van der Waals surface area contributed by atoms with E-state index in [0.29, 0.717) is 10.0 Å². The standard InChI is InChI=1S/C17H19Cl2N3/c18-15-4-1-3-14(16(15)19)17(13-5-8-21-9-6-13)22-11-2-7-20-10-12-22/h1,3-6,8-9,17,20H,2,7,10-12H2. The Morgan fingerprint density at radius 3 is 2.68 bits per heavy atom. The fourth-order valence-electron chi connectivity index (χ4n) is 2.99. The van der Waals surface area contributed by atoms with Crippen LogP contribution in [0.25, 0.3) is 0 Å². The Hall–Kier alpha value is -1.13. The van der Waals surface area contributed by atoms with E-state index < -0.39 is 0 Å². The third-order valence-electron chi connectivity index (χ3n) is 4.04. The quantitative estimate of drug-likeness (QED) is 0.925. The van der Waals surface area contributed by atoms with Gasteiger partial charge >= 0.3 is 0 Å². The van der Waals surface area contributed by atoms with Crippen molar-refractivity contribution in [1.29, 1.82) is 0 Å². The molecule has 1 atom stereocenters. The van der Waals surface area contributed by atoms with E-state index in [1.165, 1.54) is 5.56 Å². The fraction of sp³-hybridized carbons (Fsp3) is 0.353. The van der Waals surface area contributed by atoms with E-state index in [-0.39, 0.29) is 6.04 Å². The maximum Gasteiger partial charge on any atom is 0.0643 e. The summed E-state index contributed by atoms with van der Waals surface area (Å²) in [4.78, 5) is 6.60. The molecule has 0 aliphatic carbocycles. The third kappa shape index (κ3) is 3.44. The van der Waals surface area contributed by atoms with Crippen LogP contribution in [0.1, 0.15) is 23.6 Å². The van der Waals surface area contributed by atoms with Crippen LogP contribution < -0.4 is 5.32 Å². The van der Waals surface area contributed by atoms with Crippen molar-refractivity contribution in [2.75, 3.05) is 26.2 Å². The molecule has 5 heteroatoms. The number of rotatable bonds is 3. The minimum absolute atomic E-state index is 0.106. The van der Waals surface area contributed by atoms with Gasteiger partial charge in [0, 0.05) is 32.0 Å². The number of nitrogens with zero attached hydrogens (tertiary/aromatic N) is 2. The molecule has 0 radical (unpaired) electrons. The summed E-state index contributed by atoms with van der Waals surface area (Å²) < 4.78 is 0. The first-order valence-electron chi connectivity index (χ1n) is 7.56. The largest absolute Gasteiger partial charge is 0.315 e. The predicted molar refractivity (Wildman–Crippen MR) is 91.6 cm³/mol. The molecule has 0 saturated carbocycles. The van der Waals surface area contributed by atoms with Gasteiger partial charge in [0.15, 0.2) is 0 Å². The molecule has 1 saturated heterocycles. The summed E-state index contributed by atoms with van der Waals surface area (Å²) in [6.45, 7) is 4.06. The first kappa shape index (κ1) is 15.8. The second-order valence-corrected chi connectivity index (χ2v) is 6.25. The van der Waals surface area contributed by atoms with Gasteiger partial charge in [-0.1, -0.05) is 35.3 Å². The Bertz CT molecular complexity index is 611. The van der Waals surface area contributed by atoms with E-state index in [9.17, 15) is 0 Å². The smallest absolute Gasteiger partial charge is 0.0643 e. The lowest BCUT2D eigenvalue weighted by Crippen LogP contribution is -2.33. The topological polar surface area (TPSA) is 28.2 Å². The molecule has 2 heterocycles. The lowest BCUT2D eigenvalue weighted by molar-refractivity contribution is 0.241. The average molecular weight is 336 g/mol. The average Bonchev–Trinajstić information content (AvgIpc) is 2.82. The highest BCUT2D eigenvalue weighted by Crippen LogP contribution is 2.36. The Balaban J connectivity index is 2.04. The van der Waals surface area contributed by atoms with Crippen molar-refractivity contribution >= 4 is 23.2 Å². The van der Waals surface area contributed by atoms with Crippen LogP contribution in [-0.2, 0) is 0 Å². The van der Waals surface area contributed by atoms with Crippen LogP contribution in [-0.4, -0.2) is 36.1 Å². The van der Waals surface area contributed by atoms with Crippen molar-refractivity contribution in [3.8, 4) is 0 Å². The van der Waals surface area contributed by atoms with Crippen molar-refractivity contribution in [1.82, 2.24) is 15.2 Å². The Morgan fingerprint density at radius 2 is 1.86 bits per heavy atom. The van der Waals surface area contributed by atoms with E-state index >= 15 is 0 Å². The van der Waals surface area contributed by atoms with Gasteiger partial charge in [0.2, 0.25) is 0 Å². The predicted octanol–water partition coefficient (Wildman–Crippen LogP) is 3.77. The summed E-state index contributed by atoms with van der Waals surface area (Å²) in [5.74, 6) is 0. The summed E-state index contributed by atoms with van der Waals surface area (Å²) >= 11 is 12.7. The highest BCUT2D eigenvalue weighted by Gasteiger charge is 2.25. The normalized spacial score (nSPS) is 17.9. The van der Waals surface area contributed by atoms with Gasteiger partial charge in [-0.25, -0.2) is 0 Å². The first-order valence-corrected chi connectivity index (χ1v) is 8.31. The summed E-state index contributed by atoms with van der Waals surface area (Å²) in [6.07, 6.45) is 4.79. The molecule has 3 rings (SSSR count). The molecule has 0 amide bonds. The zero-order valence-electron chi connectivity index (χ0n) is 12.3. The van der Waals surface area contributed by atoms with Crippen LogP contribution >= 0.6 is 23.2 Å². The number of hydrogen-bond acceptors (Lipinski definition) is 3. The van der Waals surface area contributed by atoms with E-state index in [0.717, 1.165) is 38.2 Å². The Morgan fingerprint density at radius 1 is 1.05 bits per heavy atom. The number of benzene rings is 1. The minimum Gasteiger partial charge on any atom is -0.315 e. The molecule has 1 aromatic heterocycles. The van der Waals surface area contributed by atoms with E-state index in [1.54, 1.807) is 0 Å². The number of aromatic nitrogens is 1. The molecular formula is C17H19Cl2N3. The summed E-state index contributed by atoms with van der Waals surface area (Å²) in [6, 6.07) is 10.1. The fourth-order valence-corrected chi connectivity index (χ4v) is 3.40. The zero-order chi connectivity index (χ0) is 15.4. The SMILES string of the molecule is Clc1cccc(C(c2ccncc2)N2CCCNCC2)c1Cl. The van der Waals surface area contributed by atoms with Crippen LogP contribution in [0, 0.1) is 0 Å². The first-order chi connectivity index (χ1) is 10.8. The Labute approximate surface area is 141 Å². The van der Waals surface area contributed by atoms with Gasteiger partial charge < -0.3 is 5.32 Å². The van der Waals surface area contributed by atoms with Crippen LogP contribution in [0.15, 0.2) is 42.7 Å². The minimum atomic E-state index is 0.106.